The molecule has 0 radical (unpaired) electrons. The molecule has 4 unspecified atom stereocenters. The number of carbonyl (C=O) groups is 3. The lowest BCUT2D eigenvalue weighted by molar-refractivity contribution is -0.143. The lowest BCUT2D eigenvalue weighted by Gasteiger charge is -2.36. The molecule has 2 saturated carbocycles. The molecule has 0 bridgehead atoms. The second-order valence-electron chi connectivity index (χ2n) is 12.6. The molecular formula is C34H43N3O5. The first-order valence-corrected chi connectivity index (χ1v) is 14.9. The number of hydrogen-bond donors (Lipinski definition) is 3. The van der Waals surface area contributed by atoms with Crippen LogP contribution in [0.15, 0.2) is 48.5 Å². The quantitative estimate of drug-likeness (QED) is 0.356. The Morgan fingerprint density at radius 1 is 1.05 bits per heavy atom. The Morgan fingerprint density at radius 2 is 1.67 bits per heavy atom. The van der Waals surface area contributed by atoms with Crippen LogP contribution in [-0.4, -0.2) is 51.6 Å². The van der Waals surface area contributed by atoms with Crippen molar-refractivity contribution in [3.8, 4) is 18.1 Å². The molecule has 42 heavy (non-hydrogen) atoms. The fraction of sp³-hybridized carbons (Fsp3) is 0.500. The van der Waals surface area contributed by atoms with Crippen LogP contribution in [0.4, 0.5) is 4.79 Å². The smallest absolute Gasteiger partial charge is 0.408 e. The van der Waals surface area contributed by atoms with Crippen molar-refractivity contribution in [1.82, 2.24) is 15.5 Å². The van der Waals surface area contributed by atoms with Crippen LogP contribution in [0.3, 0.4) is 0 Å². The maximum Gasteiger partial charge on any atom is 0.408 e. The minimum Gasteiger partial charge on any atom is -0.508 e. The van der Waals surface area contributed by atoms with Gasteiger partial charge in [-0.05, 0) is 81.3 Å². The average Bonchev–Trinajstić information content (AvgIpc) is 3.67. The first kappa shape index (κ1) is 31.0. The molecule has 0 aliphatic heterocycles. The van der Waals surface area contributed by atoms with Gasteiger partial charge in [0.15, 0.2) is 0 Å². The summed E-state index contributed by atoms with van der Waals surface area (Å²) in [6, 6.07) is 11.7. The molecule has 0 heterocycles. The number of aromatic hydroxyl groups is 1. The molecule has 8 heteroatoms. The van der Waals surface area contributed by atoms with Gasteiger partial charge in [0, 0.05) is 24.1 Å². The summed E-state index contributed by atoms with van der Waals surface area (Å²) in [5.74, 6) is 2.31. The molecule has 0 aromatic heterocycles. The average molecular weight is 574 g/mol. The number of ether oxygens (including phenoxy) is 1. The largest absolute Gasteiger partial charge is 0.508 e. The molecule has 0 saturated heterocycles. The highest BCUT2D eigenvalue weighted by molar-refractivity contribution is 5.93. The van der Waals surface area contributed by atoms with Crippen molar-refractivity contribution in [3.63, 3.8) is 0 Å². The number of phenolic OH excluding ortho intramolecular Hbond substituents is 1. The molecule has 2 fully saturated rings. The maximum absolute atomic E-state index is 14.6. The Hall–Kier alpha value is -3.99. The molecule has 0 spiro atoms. The molecule has 224 valence electrons. The molecule has 4 rings (SSSR count). The van der Waals surface area contributed by atoms with E-state index in [0.29, 0.717) is 11.1 Å². The number of hydrogen-bond acceptors (Lipinski definition) is 5. The van der Waals surface area contributed by atoms with Crippen LogP contribution in [-0.2, 0) is 20.7 Å². The summed E-state index contributed by atoms with van der Waals surface area (Å²) in [6.45, 7) is 7.33. The van der Waals surface area contributed by atoms with E-state index < -0.39 is 23.8 Å². The molecule has 2 aliphatic carbocycles. The van der Waals surface area contributed by atoms with Gasteiger partial charge in [-0.15, -0.1) is 6.42 Å². The van der Waals surface area contributed by atoms with E-state index in [1.807, 2.05) is 12.1 Å². The van der Waals surface area contributed by atoms with E-state index in [1.54, 1.807) is 62.1 Å². The number of phenols is 1. The highest BCUT2D eigenvalue weighted by Gasteiger charge is 2.48. The predicted molar refractivity (Wildman–Crippen MR) is 162 cm³/mol. The van der Waals surface area contributed by atoms with Gasteiger partial charge in [-0.25, -0.2) is 4.79 Å². The zero-order valence-electron chi connectivity index (χ0n) is 25.1. The fourth-order valence-corrected chi connectivity index (χ4v) is 5.60. The van der Waals surface area contributed by atoms with E-state index in [1.165, 1.54) is 0 Å². The van der Waals surface area contributed by atoms with Crippen LogP contribution < -0.4 is 10.6 Å². The molecule has 8 nitrogen and oxygen atoms in total. The monoisotopic (exact) mass is 573 g/mol. The number of benzene rings is 2. The van der Waals surface area contributed by atoms with E-state index in [4.69, 9.17) is 11.2 Å². The molecule has 2 aliphatic rings. The fourth-order valence-electron chi connectivity index (χ4n) is 5.60. The van der Waals surface area contributed by atoms with Crippen molar-refractivity contribution in [2.75, 3.05) is 0 Å². The molecule has 4 atom stereocenters. The normalized spacial score (nSPS) is 20.0. The summed E-state index contributed by atoms with van der Waals surface area (Å²) in [7, 11) is 0. The van der Waals surface area contributed by atoms with Gasteiger partial charge in [0.2, 0.25) is 11.8 Å². The number of nitrogens with one attached hydrogen (secondary N) is 2. The molecule has 3 N–H and O–H groups in total. The van der Waals surface area contributed by atoms with Crippen LogP contribution in [0.25, 0.3) is 0 Å². The summed E-state index contributed by atoms with van der Waals surface area (Å²) in [5.41, 5.74) is 1.32. The third-order valence-corrected chi connectivity index (χ3v) is 7.92. The van der Waals surface area contributed by atoms with Gasteiger partial charge in [-0.1, -0.05) is 56.4 Å². The summed E-state index contributed by atoms with van der Waals surface area (Å²) in [5, 5.41) is 15.8. The standard InChI is InChI=1S/C34H43N3O5/c1-6-23-12-16-25(17-13-23)30(31(39)35-26-10-8-7-9-11-26)37(29-20-22(29)2)32(40)28(36-33(41)42-34(3,4)5)21-24-14-18-27(38)19-15-24/h1,12-19,22,26,28-30,38H,7-11,20-21H2,2-5H3,(H,35,39)(H,36,41). The number of alkyl carbamates (subject to hydrolysis) is 1. The summed E-state index contributed by atoms with van der Waals surface area (Å²) in [6.07, 6.45) is 10.9. The summed E-state index contributed by atoms with van der Waals surface area (Å²) < 4.78 is 5.51. The first-order valence-electron chi connectivity index (χ1n) is 14.9. The minimum atomic E-state index is -1.01. The van der Waals surface area contributed by atoms with Crippen molar-refractivity contribution in [3.05, 3.63) is 65.2 Å². The zero-order valence-corrected chi connectivity index (χ0v) is 25.1. The maximum atomic E-state index is 14.6. The van der Waals surface area contributed by atoms with Crippen molar-refractivity contribution in [2.24, 2.45) is 5.92 Å². The van der Waals surface area contributed by atoms with Crippen LogP contribution in [0, 0.1) is 18.3 Å². The Labute approximate surface area is 249 Å². The topological polar surface area (TPSA) is 108 Å². The molecule has 2 aromatic rings. The van der Waals surface area contributed by atoms with Crippen LogP contribution in [0.2, 0.25) is 0 Å². The summed E-state index contributed by atoms with van der Waals surface area (Å²) >= 11 is 0. The van der Waals surface area contributed by atoms with Gasteiger partial charge in [0.1, 0.15) is 23.4 Å². The van der Waals surface area contributed by atoms with E-state index in [9.17, 15) is 19.5 Å². The number of nitrogens with zero attached hydrogens (tertiary/aromatic N) is 1. The van der Waals surface area contributed by atoms with Crippen molar-refractivity contribution in [2.45, 2.75) is 102 Å². The predicted octanol–water partition coefficient (Wildman–Crippen LogP) is 5.24. The van der Waals surface area contributed by atoms with Gasteiger partial charge in [0.25, 0.3) is 0 Å². The second-order valence-corrected chi connectivity index (χ2v) is 12.6. The lowest BCUT2D eigenvalue weighted by Crippen LogP contribution is -2.55. The van der Waals surface area contributed by atoms with Gasteiger partial charge in [-0.2, -0.15) is 0 Å². The van der Waals surface area contributed by atoms with Crippen molar-refractivity contribution < 1.29 is 24.2 Å². The van der Waals surface area contributed by atoms with Crippen molar-refractivity contribution >= 4 is 17.9 Å². The third kappa shape index (κ3) is 8.28. The van der Waals surface area contributed by atoms with E-state index >= 15 is 0 Å². The van der Waals surface area contributed by atoms with Crippen molar-refractivity contribution in [1.29, 1.82) is 0 Å². The number of carbonyl (C=O) groups excluding carboxylic acids is 3. The zero-order chi connectivity index (χ0) is 30.4. The number of amides is 3. The Morgan fingerprint density at radius 3 is 2.21 bits per heavy atom. The van der Waals surface area contributed by atoms with E-state index in [0.717, 1.165) is 44.1 Å². The van der Waals surface area contributed by atoms with E-state index in [2.05, 4.69) is 23.5 Å². The Balaban J connectivity index is 1.71. The third-order valence-electron chi connectivity index (χ3n) is 7.92. The van der Waals surface area contributed by atoms with Gasteiger partial charge in [0.05, 0.1) is 0 Å². The van der Waals surface area contributed by atoms with E-state index in [-0.39, 0.29) is 42.0 Å². The highest BCUT2D eigenvalue weighted by Crippen LogP contribution is 2.41. The molecule has 3 amide bonds. The SMILES string of the molecule is C#Cc1ccc(C(C(=O)NC2CCCCC2)N(C(=O)C(Cc2ccc(O)cc2)NC(=O)OC(C)(C)C)C2CC2C)cc1. The van der Waals surface area contributed by atoms with Crippen LogP contribution in [0.5, 0.6) is 5.75 Å². The number of terminal acetylenes is 1. The lowest BCUT2D eigenvalue weighted by atomic mass is 9.94. The number of rotatable bonds is 9. The second kappa shape index (κ2) is 13.3. The Bertz CT molecular complexity index is 1290. The first-order chi connectivity index (χ1) is 19.9. The Kier molecular flexibility index (Phi) is 9.82. The van der Waals surface area contributed by atoms with Gasteiger partial charge in [-0.3, -0.25) is 9.59 Å². The van der Waals surface area contributed by atoms with Gasteiger partial charge >= 0.3 is 6.09 Å². The van der Waals surface area contributed by atoms with Crippen LogP contribution >= 0.6 is 0 Å². The summed E-state index contributed by atoms with van der Waals surface area (Å²) in [4.78, 5) is 43.3. The molecular weight excluding hydrogens is 530 g/mol. The van der Waals surface area contributed by atoms with Gasteiger partial charge < -0.3 is 25.4 Å². The molecule has 2 aromatic carbocycles. The highest BCUT2D eigenvalue weighted by atomic mass is 16.6. The van der Waals surface area contributed by atoms with Crippen LogP contribution in [0.1, 0.15) is 89.0 Å². The minimum absolute atomic E-state index is 0.0555.